The molecular weight excluding hydrogens is 833 g/mol. The lowest BCUT2D eigenvalue weighted by Crippen LogP contribution is -2.16. The van der Waals surface area contributed by atoms with Crippen LogP contribution in [0.5, 0.6) is 0 Å². The molecule has 8 rings (SSSR count). The Bertz CT molecular complexity index is 3100. The Morgan fingerprint density at radius 2 is 0.754 bits per heavy atom. The highest BCUT2D eigenvalue weighted by molar-refractivity contribution is 6.22. The third-order valence-electron chi connectivity index (χ3n) is 13.9. The van der Waals surface area contributed by atoms with Gasteiger partial charge in [-0.05, 0) is 162 Å². The Hall–Kier alpha value is -6.90. The summed E-state index contributed by atoms with van der Waals surface area (Å²) in [6, 6.07) is 63.4. The minimum atomic E-state index is 0.0279. The molecule has 8 aromatic carbocycles. The Morgan fingerprint density at radius 1 is 0.391 bits per heavy atom. The van der Waals surface area contributed by atoms with Gasteiger partial charge in [0.25, 0.3) is 0 Å². The zero-order valence-electron chi connectivity index (χ0n) is 43.5. The maximum atomic E-state index is 4.40. The van der Waals surface area contributed by atoms with Crippen LogP contribution in [0, 0.1) is 5.41 Å². The Labute approximate surface area is 414 Å². The number of anilines is 5. The van der Waals surface area contributed by atoms with E-state index in [4.69, 9.17) is 0 Å². The zero-order valence-corrected chi connectivity index (χ0v) is 43.5. The highest BCUT2D eigenvalue weighted by Gasteiger charge is 2.24. The first-order chi connectivity index (χ1) is 32.6. The van der Waals surface area contributed by atoms with E-state index in [9.17, 15) is 0 Å². The Balaban J connectivity index is 1.44. The van der Waals surface area contributed by atoms with Crippen LogP contribution < -0.4 is 9.80 Å². The van der Waals surface area contributed by atoms with Crippen LogP contribution in [0.4, 0.5) is 28.4 Å². The van der Waals surface area contributed by atoms with Gasteiger partial charge in [-0.25, -0.2) is 0 Å². The first-order valence-electron chi connectivity index (χ1n) is 24.7. The van der Waals surface area contributed by atoms with Crippen LogP contribution in [0.1, 0.15) is 107 Å². The van der Waals surface area contributed by atoms with Crippen molar-refractivity contribution < 1.29 is 0 Å². The molecule has 0 amide bonds. The molecule has 2 nitrogen and oxygen atoms in total. The summed E-state index contributed by atoms with van der Waals surface area (Å²) < 4.78 is 0. The largest absolute Gasteiger partial charge is 0.311 e. The minimum absolute atomic E-state index is 0.0279. The maximum Gasteiger partial charge on any atom is 0.0468 e. The van der Waals surface area contributed by atoms with E-state index in [-0.39, 0.29) is 21.7 Å². The van der Waals surface area contributed by atoms with Crippen LogP contribution in [0.25, 0.3) is 43.8 Å². The molecule has 69 heavy (non-hydrogen) atoms. The maximum absolute atomic E-state index is 4.40. The lowest BCUT2D eigenvalue weighted by Gasteiger charge is -2.29. The summed E-state index contributed by atoms with van der Waals surface area (Å²) in [5, 5.41) is 4.78. The van der Waals surface area contributed by atoms with Crippen LogP contribution in [-0.4, -0.2) is 0 Å². The summed E-state index contributed by atoms with van der Waals surface area (Å²) in [4.78, 5) is 4.79. The van der Waals surface area contributed by atoms with Crippen molar-refractivity contribution in [1.82, 2.24) is 0 Å². The topological polar surface area (TPSA) is 6.48 Å². The lowest BCUT2D eigenvalue weighted by atomic mass is 9.85. The van der Waals surface area contributed by atoms with E-state index < -0.39 is 0 Å². The molecule has 0 aliphatic carbocycles. The van der Waals surface area contributed by atoms with E-state index in [1.807, 2.05) is 6.08 Å². The smallest absolute Gasteiger partial charge is 0.0468 e. The van der Waals surface area contributed by atoms with Gasteiger partial charge in [-0.1, -0.05) is 211 Å². The second-order valence-corrected chi connectivity index (χ2v) is 22.9. The fourth-order valence-electron chi connectivity index (χ4n) is 9.23. The van der Waals surface area contributed by atoms with E-state index in [0.717, 1.165) is 34.1 Å². The van der Waals surface area contributed by atoms with Gasteiger partial charge in [0.1, 0.15) is 0 Å². The van der Waals surface area contributed by atoms with Crippen molar-refractivity contribution in [3.05, 3.63) is 223 Å². The molecule has 0 N–H and O–H groups in total. The molecule has 0 fully saturated rings. The van der Waals surface area contributed by atoms with E-state index in [0.29, 0.717) is 0 Å². The van der Waals surface area contributed by atoms with Crippen molar-refractivity contribution in [2.45, 2.75) is 106 Å². The molecule has 0 saturated carbocycles. The first kappa shape index (κ1) is 48.6. The lowest BCUT2D eigenvalue weighted by molar-refractivity contribution is 0.504. The van der Waals surface area contributed by atoms with E-state index in [1.54, 1.807) is 0 Å². The molecule has 0 aliphatic heterocycles. The van der Waals surface area contributed by atoms with Crippen LogP contribution in [0.3, 0.4) is 0 Å². The van der Waals surface area contributed by atoms with Gasteiger partial charge in [0, 0.05) is 34.1 Å². The van der Waals surface area contributed by atoms with Gasteiger partial charge in [-0.3, -0.25) is 0 Å². The number of allylic oxidation sites excluding steroid dienone is 4. The van der Waals surface area contributed by atoms with Gasteiger partial charge in [-0.2, -0.15) is 0 Å². The third kappa shape index (κ3) is 10.3. The van der Waals surface area contributed by atoms with Crippen molar-refractivity contribution in [2.75, 3.05) is 9.80 Å². The van der Waals surface area contributed by atoms with Crippen LogP contribution in [-0.2, 0) is 16.2 Å². The average molecular weight is 905 g/mol. The molecule has 0 atom stereocenters. The third-order valence-corrected chi connectivity index (χ3v) is 13.9. The van der Waals surface area contributed by atoms with Gasteiger partial charge >= 0.3 is 0 Å². The second-order valence-electron chi connectivity index (χ2n) is 22.9. The van der Waals surface area contributed by atoms with E-state index >= 15 is 0 Å². The molecule has 0 aliphatic rings. The first-order valence-corrected chi connectivity index (χ1v) is 24.7. The molecule has 2 heteroatoms. The molecular formula is C67H72N2. The normalized spacial score (nSPS) is 12.9. The zero-order chi connectivity index (χ0) is 49.5. The predicted molar refractivity (Wildman–Crippen MR) is 303 cm³/mol. The Kier molecular flexibility index (Phi) is 13.3. The summed E-state index contributed by atoms with van der Waals surface area (Å²) in [5.41, 5.74) is 16.6. The number of hydrogen-bond donors (Lipinski definition) is 0. The molecule has 0 unspecified atom stereocenters. The summed E-state index contributed by atoms with van der Waals surface area (Å²) in [7, 11) is 0. The number of benzene rings is 8. The fraction of sp³-hybridized carbons (Fsp3) is 0.254. The van der Waals surface area contributed by atoms with Crippen molar-refractivity contribution in [3.8, 4) is 22.3 Å². The SMILES string of the molecule is C=C/C(=C\C=C(/C)C(C)(C)C)N(c1ccc(C(C)(C)C)cc1)c1ccc2c(-c3ccccc3)c3cc(N(c4ccc(C(C)(C)C)cc4)c4ccc(C(C)(C)C)cc4)ccc3c(-c3ccccc3)c2c1. The standard InChI is InChI=1S/C67H72N2/c1-15-52(33-26-46(2)64(3,4)5)68(53-34-27-49(28-35-53)65(6,7)8)56-40-42-58-60(44-56)62(47-22-18-16-19-23-47)59-43-41-57(45-61(59)63(58)48-24-20-17-21-25-48)69(54-36-29-50(30-37-54)66(9,10)11)55-38-31-51(32-39-55)67(12,13)14/h15-45H,1H2,2-14H3/b46-26+,52-33+. The summed E-state index contributed by atoms with van der Waals surface area (Å²) in [6.45, 7) is 33.9. The monoisotopic (exact) mass is 905 g/mol. The predicted octanol–water partition coefficient (Wildman–Crippen LogP) is 19.9. The molecule has 8 aromatic rings. The van der Waals surface area contributed by atoms with Crippen molar-refractivity contribution >= 4 is 50.0 Å². The average Bonchev–Trinajstić information content (AvgIpc) is 3.31. The molecule has 0 saturated heterocycles. The minimum Gasteiger partial charge on any atom is -0.311 e. The summed E-state index contributed by atoms with van der Waals surface area (Å²) in [5.74, 6) is 0. The van der Waals surface area contributed by atoms with E-state index in [1.165, 1.54) is 66.1 Å². The van der Waals surface area contributed by atoms with Gasteiger partial charge in [0.05, 0.1) is 0 Å². The van der Waals surface area contributed by atoms with Gasteiger partial charge in [0.15, 0.2) is 0 Å². The highest BCUT2D eigenvalue weighted by atomic mass is 15.1. The van der Waals surface area contributed by atoms with E-state index in [2.05, 4.69) is 288 Å². The molecule has 0 radical (unpaired) electrons. The van der Waals surface area contributed by atoms with Gasteiger partial charge in [0.2, 0.25) is 0 Å². The molecule has 0 heterocycles. The molecule has 0 aromatic heterocycles. The van der Waals surface area contributed by atoms with Crippen LogP contribution in [0.2, 0.25) is 0 Å². The molecule has 0 bridgehead atoms. The quantitative estimate of drug-likeness (QED) is 0.0997. The fourth-order valence-corrected chi connectivity index (χ4v) is 9.23. The van der Waals surface area contributed by atoms with Gasteiger partial charge in [-0.15, -0.1) is 0 Å². The molecule has 0 spiro atoms. The van der Waals surface area contributed by atoms with Crippen molar-refractivity contribution in [2.24, 2.45) is 5.41 Å². The molecule has 350 valence electrons. The summed E-state index contributed by atoms with van der Waals surface area (Å²) in [6.07, 6.45) is 6.47. The number of fused-ring (bicyclic) bond motifs is 2. The van der Waals surface area contributed by atoms with Gasteiger partial charge < -0.3 is 9.80 Å². The highest BCUT2D eigenvalue weighted by Crippen LogP contribution is 2.48. The van der Waals surface area contributed by atoms with Crippen molar-refractivity contribution in [3.63, 3.8) is 0 Å². The van der Waals surface area contributed by atoms with Crippen LogP contribution in [0.15, 0.2) is 206 Å². The number of nitrogens with zero attached hydrogens (tertiary/aromatic N) is 2. The summed E-state index contributed by atoms with van der Waals surface area (Å²) >= 11 is 0. The number of hydrogen-bond acceptors (Lipinski definition) is 2. The Morgan fingerprint density at radius 3 is 1.13 bits per heavy atom. The second kappa shape index (κ2) is 18.9. The van der Waals surface area contributed by atoms with Crippen molar-refractivity contribution in [1.29, 1.82) is 0 Å². The number of rotatable bonds is 10. The van der Waals surface area contributed by atoms with Crippen LogP contribution >= 0.6 is 0 Å².